The van der Waals surface area contributed by atoms with Gasteiger partial charge in [-0.15, -0.1) is 11.3 Å². The Labute approximate surface area is 123 Å². The van der Waals surface area contributed by atoms with Gasteiger partial charge < -0.3 is 4.90 Å². The largest absolute Gasteiger partial charge is 0.417 e. The van der Waals surface area contributed by atoms with Crippen LogP contribution in [-0.4, -0.2) is 23.6 Å². The molecule has 0 spiro atoms. The maximum absolute atomic E-state index is 12.5. The second kappa shape index (κ2) is 5.97. The molecule has 0 radical (unpaired) electrons. The average Bonchev–Trinajstić information content (AvgIpc) is 2.87. The summed E-state index contributed by atoms with van der Waals surface area (Å²) in [5, 5.41) is 2.82. The monoisotopic (exact) mass is 321 g/mol. The van der Waals surface area contributed by atoms with Crippen LogP contribution in [0.4, 0.5) is 19.0 Å². The predicted octanol–water partition coefficient (Wildman–Crippen LogP) is 3.89. The maximum Gasteiger partial charge on any atom is 0.417 e. The van der Waals surface area contributed by atoms with E-state index in [2.05, 4.69) is 9.97 Å². The Morgan fingerprint density at radius 3 is 2.65 bits per heavy atom. The second-order valence-electron chi connectivity index (χ2n) is 4.12. The summed E-state index contributed by atoms with van der Waals surface area (Å²) in [7, 11) is 1.73. The van der Waals surface area contributed by atoms with Gasteiger partial charge >= 0.3 is 6.18 Å². The first-order valence-electron chi connectivity index (χ1n) is 5.70. The molecule has 2 rings (SSSR count). The Morgan fingerprint density at radius 1 is 1.35 bits per heavy atom. The Bertz CT molecular complexity index is 572. The molecule has 0 aliphatic rings. The van der Waals surface area contributed by atoms with E-state index < -0.39 is 11.7 Å². The number of hydrogen-bond acceptors (Lipinski definition) is 4. The fourth-order valence-electron chi connectivity index (χ4n) is 1.61. The Hall–Kier alpha value is -1.34. The Balaban J connectivity index is 2.08. The number of anilines is 1. The smallest absolute Gasteiger partial charge is 0.358 e. The van der Waals surface area contributed by atoms with Crippen LogP contribution >= 0.6 is 22.9 Å². The molecule has 2 heterocycles. The van der Waals surface area contributed by atoms with Crippen LogP contribution in [0, 0.1) is 0 Å². The van der Waals surface area contributed by atoms with Crippen molar-refractivity contribution in [2.75, 3.05) is 18.5 Å². The molecule has 0 bridgehead atoms. The maximum atomic E-state index is 12.5. The summed E-state index contributed by atoms with van der Waals surface area (Å²) < 4.78 is 37.5. The molecule has 8 heteroatoms. The van der Waals surface area contributed by atoms with E-state index in [4.69, 9.17) is 11.6 Å². The second-order valence-corrected chi connectivity index (χ2v) is 5.51. The summed E-state index contributed by atoms with van der Waals surface area (Å²) in [5.41, 5.74) is -0.848. The van der Waals surface area contributed by atoms with E-state index in [0.717, 1.165) is 17.3 Å². The van der Waals surface area contributed by atoms with Gasteiger partial charge in [0, 0.05) is 37.8 Å². The molecule has 0 saturated carbocycles. The van der Waals surface area contributed by atoms with Crippen LogP contribution in [0.3, 0.4) is 0 Å². The highest BCUT2D eigenvalue weighted by Gasteiger charge is 2.31. The van der Waals surface area contributed by atoms with E-state index in [1.807, 2.05) is 5.38 Å². The standard InChI is InChI=1S/C12H11ClF3N3S/c1-19(4-2-10-17-3-5-20-10)11-9(13)6-8(7-18-11)12(14,15)16/h3,5-7H,2,4H2,1H3. The molecule has 0 aromatic carbocycles. The minimum absolute atomic E-state index is 0.0125. The van der Waals surface area contributed by atoms with E-state index in [9.17, 15) is 13.2 Å². The van der Waals surface area contributed by atoms with E-state index in [0.29, 0.717) is 18.8 Å². The number of halogens is 4. The van der Waals surface area contributed by atoms with Crippen LogP contribution in [0.1, 0.15) is 10.6 Å². The van der Waals surface area contributed by atoms with Gasteiger partial charge in [-0.25, -0.2) is 9.97 Å². The van der Waals surface area contributed by atoms with Crippen molar-refractivity contribution in [1.29, 1.82) is 0 Å². The highest BCUT2D eigenvalue weighted by molar-refractivity contribution is 7.09. The first-order valence-corrected chi connectivity index (χ1v) is 6.96. The van der Waals surface area contributed by atoms with Crippen LogP contribution in [0.25, 0.3) is 0 Å². The van der Waals surface area contributed by atoms with Crippen molar-refractivity contribution < 1.29 is 13.2 Å². The number of aromatic nitrogens is 2. The third kappa shape index (κ3) is 3.61. The molecule has 0 saturated heterocycles. The average molecular weight is 322 g/mol. The van der Waals surface area contributed by atoms with E-state index in [1.54, 1.807) is 18.1 Å². The Kier molecular flexibility index (Phi) is 4.49. The normalized spacial score (nSPS) is 11.7. The summed E-state index contributed by atoms with van der Waals surface area (Å²) in [4.78, 5) is 9.65. The zero-order chi connectivity index (χ0) is 14.8. The van der Waals surface area contributed by atoms with Crippen LogP contribution in [-0.2, 0) is 12.6 Å². The van der Waals surface area contributed by atoms with Crippen molar-refractivity contribution in [3.05, 3.63) is 39.4 Å². The molecule has 0 unspecified atom stereocenters. The van der Waals surface area contributed by atoms with Gasteiger partial charge in [-0.05, 0) is 6.07 Å². The highest BCUT2D eigenvalue weighted by Crippen LogP contribution is 2.33. The minimum atomic E-state index is -4.44. The lowest BCUT2D eigenvalue weighted by molar-refractivity contribution is -0.137. The molecule has 2 aromatic rings. The molecule has 0 atom stereocenters. The molecule has 0 amide bonds. The lowest BCUT2D eigenvalue weighted by atomic mass is 10.2. The van der Waals surface area contributed by atoms with Gasteiger partial charge in [-0.3, -0.25) is 0 Å². The number of alkyl halides is 3. The SMILES string of the molecule is CN(CCc1nccs1)c1ncc(C(F)(F)F)cc1Cl. The van der Waals surface area contributed by atoms with Crippen LogP contribution in [0.15, 0.2) is 23.8 Å². The molecule has 0 fully saturated rings. The quantitative estimate of drug-likeness (QED) is 0.855. The Morgan fingerprint density at radius 2 is 2.10 bits per heavy atom. The van der Waals surface area contributed by atoms with Gasteiger partial charge in [-0.2, -0.15) is 13.2 Å². The summed E-state index contributed by atoms with van der Waals surface area (Å²) in [5.74, 6) is 0.330. The molecule has 0 aliphatic heterocycles. The van der Waals surface area contributed by atoms with Crippen molar-refractivity contribution in [3.63, 3.8) is 0 Å². The van der Waals surface area contributed by atoms with E-state index in [1.165, 1.54) is 11.3 Å². The van der Waals surface area contributed by atoms with Crippen molar-refractivity contribution in [3.8, 4) is 0 Å². The molecule has 0 N–H and O–H groups in total. The molecule has 2 aromatic heterocycles. The lowest BCUT2D eigenvalue weighted by Crippen LogP contribution is -2.22. The van der Waals surface area contributed by atoms with E-state index >= 15 is 0 Å². The summed E-state index contributed by atoms with van der Waals surface area (Å²) in [6, 6.07) is 0.893. The summed E-state index contributed by atoms with van der Waals surface area (Å²) >= 11 is 7.40. The first kappa shape index (κ1) is 15.1. The van der Waals surface area contributed by atoms with Crippen molar-refractivity contribution in [2.24, 2.45) is 0 Å². The van der Waals surface area contributed by atoms with Crippen LogP contribution in [0.2, 0.25) is 5.02 Å². The molecule has 3 nitrogen and oxygen atoms in total. The number of likely N-dealkylation sites (N-methyl/N-ethyl adjacent to an activating group) is 1. The third-order valence-corrected chi connectivity index (χ3v) is 3.77. The topological polar surface area (TPSA) is 29.0 Å². The fraction of sp³-hybridized carbons (Fsp3) is 0.333. The van der Waals surface area contributed by atoms with Gasteiger partial charge in [0.1, 0.15) is 5.82 Å². The number of rotatable bonds is 4. The molecular formula is C12H11ClF3N3S. The predicted molar refractivity (Wildman–Crippen MR) is 73.3 cm³/mol. The van der Waals surface area contributed by atoms with Gasteiger partial charge in [-0.1, -0.05) is 11.6 Å². The van der Waals surface area contributed by atoms with Gasteiger partial charge in [0.05, 0.1) is 15.6 Å². The molecule has 0 aliphatic carbocycles. The first-order chi connectivity index (χ1) is 9.38. The summed E-state index contributed by atoms with van der Waals surface area (Å²) in [6.45, 7) is 0.575. The fourth-order valence-corrected chi connectivity index (χ4v) is 2.53. The number of thiazole rings is 1. The molecular weight excluding hydrogens is 311 g/mol. The summed E-state index contributed by atoms with van der Waals surface area (Å²) in [6.07, 6.45) is -1.24. The van der Waals surface area contributed by atoms with E-state index in [-0.39, 0.29) is 5.02 Å². The van der Waals surface area contributed by atoms with Crippen molar-refractivity contribution in [1.82, 2.24) is 9.97 Å². The zero-order valence-corrected chi connectivity index (χ0v) is 12.1. The van der Waals surface area contributed by atoms with Crippen LogP contribution in [0.5, 0.6) is 0 Å². The number of hydrogen-bond donors (Lipinski definition) is 0. The van der Waals surface area contributed by atoms with Crippen molar-refractivity contribution >= 4 is 28.8 Å². The minimum Gasteiger partial charge on any atom is -0.358 e. The molecule has 108 valence electrons. The van der Waals surface area contributed by atoms with Gasteiger partial charge in [0.2, 0.25) is 0 Å². The van der Waals surface area contributed by atoms with Crippen LogP contribution < -0.4 is 4.90 Å². The van der Waals surface area contributed by atoms with Gasteiger partial charge in [0.25, 0.3) is 0 Å². The van der Waals surface area contributed by atoms with Crippen molar-refractivity contribution in [2.45, 2.75) is 12.6 Å². The highest BCUT2D eigenvalue weighted by atomic mass is 35.5. The zero-order valence-electron chi connectivity index (χ0n) is 10.5. The molecule has 20 heavy (non-hydrogen) atoms. The number of pyridine rings is 1. The van der Waals surface area contributed by atoms with Gasteiger partial charge in [0.15, 0.2) is 0 Å². The number of nitrogens with zero attached hydrogens (tertiary/aromatic N) is 3. The third-order valence-electron chi connectivity index (χ3n) is 2.66. The lowest BCUT2D eigenvalue weighted by Gasteiger charge is -2.19.